The molecule has 0 spiro atoms. The highest BCUT2D eigenvalue weighted by molar-refractivity contribution is 9.10. The molecule has 196 valence electrons. The SMILES string of the molecule is CCNC(=O)[C@@H](C)N(Cc1ccc(Br)cc1)C(=O)CN(c1ccc(Cl)cc1)S(=O)(=O)c1ccc(C)cc1. The highest BCUT2D eigenvalue weighted by atomic mass is 79.9. The molecule has 1 N–H and O–H groups in total. The van der Waals surface area contributed by atoms with Crippen LogP contribution in [0.25, 0.3) is 0 Å². The van der Waals surface area contributed by atoms with Crippen molar-refractivity contribution in [3.05, 3.63) is 93.4 Å². The van der Waals surface area contributed by atoms with Gasteiger partial charge in [-0.05, 0) is 74.9 Å². The third kappa shape index (κ3) is 7.34. The molecule has 3 aromatic rings. The van der Waals surface area contributed by atoms with Gasteiger partial charge in [-0.25, -0.2) is 8.42 Å². The minimum absolute atomic E-state index is 0.0529. The second-order valence-electron chi connectivity index (χ2n) is 8.52. The maximum absolute atomic E-state index is 13.8. The summed E-state index contributed by atoms with van der Waals surface area (Å²) in [4.78, 5) is 27.9. The number of sulfonamides is 1. The number of hydrogen-bond acceptors (Lipinski definition) is 4. The lowest BCUT2D eigenvalue weighted by Gasteiger charge is -2.32. The molecule has 7 nitrogen and oxygen atoms in total. The molecule has 37 heavy (non-hydrogen) atoms. The molecule has 0 radical (unpaired) electrons. The molecular weight excluding hydrogens is 578 g/mol. The van der Waals surface area contributed by atoms with Crippen LogP contribution < -0.4 is 9.62 Å². The summed E-state index contributed by atoms with van der Waals surface area (Å²) >= 11 is 9.44. The molecule has 0 bridgehead atoms. The van der Waals surface area contributed by atoms with E-state index in [1.165, 1.54) is 17.0 Å². The second-order valence-corrected chi connectivity index (χ2v) is 11.7. The largest absolute Gasteiger partial charge is 0.355 e. The number of likely N-dealkylation sites (N-methyl/N-ethyl adjacent to an activating group) is 1. The lowest BCUT2D eigenvalue weighted by Crippen LogP contribution is -2.51. The molecular formula is C27H29BrClN3O4S. The van der Waals surface area contributed by atoms with E-state index in [9.17, 15) is 18.0 Å². The highest BCUT2D eigenvalue weighted by Crippen LogP contribution is 2.26. The van der Waals surface area contributed by atoms with Crippen LogP contribution in [0.15, 0.2) is 82.2 Å². The minimum Gasteiger partial charge on any atom is -0.355 e. The van der Waals surface area contributed by atoms with Gasteiger partial charge in [-0.1, -0.05) is 57.4 Å². The smallest absolute Gasteiger partial charge is 0.264 e. The Balaban J connectivity index is 2.01. The Labute approximate surface area is 231 Å². The Morgan fingerprint density at radius 1 is 0.973 bits per heavy atom. The Hall–Kier alpha value is -2.88. The first-order valence-corrected chi connectivity index (χ1v) is 14.3. The van der Waals surface area contributed by atoms with Crippen molar-refractivity contribution in [1.29, 1.82) is 0 Å². The molecule has 0 saturated carbocycles. The lowest BCUT2D eigenvalue weighted by molar-refractivity contribution is -0.139. The first kappa shape index (κ1) is 28.7. The quantitative estimate of drug-likeness (QED) is 0.346. The number of amides is 2. The van der Waals surface area contributed by atoms with Gasteiger partial charge in [0.1, 0.15) is 12.6 Å². The fourth-order valence-electron chi connectivity index (χ4n) is 3.66. The summed E-state index contributed by atoms with van der Waals surface area (Å²) in [5.41, 5.74) is 1.99. The molecule has 0 fully saturated rings. The molecule has 10 heteroatoms. The van der Waals surface area contributed by atoms with Gasteiger partial charge >= 0.3 is 0 Å². The van der Waals surface area contributed by atoms with Crippen molar-refractivity contribution < 1.29 is 18.0 Å². The fourth-order valence-corrected chi connectivity index (χ4v) is 5.47. The number of nitrogens with one attached hydrogen (secondary N) is 1. The Bertz CT molecular complexity index is 1330. The molecule has 2 amide bonds. The van der Waals surface area contributed by atoms with E-state index in [0.717, 1.165) is 19.9 Å². The van der Waals surface area contributed by atoms with E-state index in [2.05, 4.69) is 21.2 Å². The zero-order chi connectivity index (χ0) is 27.2. The van der Waals surface area contributed by atoms with Gasteiger partial charge in [0.2, 0.25) is 11.8 Å². The van der Waals surface area contributed by atoms with Crippen LogP contribution in [0.2, 0.25) is 5.02 Å². The van der Waals surface area contributed by atoms with Crippen molar-refractivity contribution in [1.82, 2.24) is 10.2 Å². The van der Waals surface area contributed by atoms with Crippen LogP contribution in [0.3, 0.4) is 0 Å². The number of hydrogen-bond donors (Lipinski definition) is 1. The van der Waals surface area contributed by atoms with Gasteiger partial charge in [-0.2, -0.15) is 0 Å². The Morgan fingerprint density at radius 3 is 2.14 bits per heavy atom. The van der Waals surface area contributed by atoms with Gasteiger partial charge < -0.3 is 10.2 Å². The molecule has 0 aliphatic heterocycles. The molecule has 0 aromatic heterocycles. The topological polar surface area (TPSA) is 86.8 Å². The highest BCUT2D eigenvalue weighted by Gasteiger charge is 2.32. The average Bonchev–Trinajstić information content (AvgIpc) is 2.87. The minimum atomic E-state index is -4.11. The number of carbonyl (C=O) groups is 2. The van der Waals surface area contributed by atoms with Gasteiger partial charge in [0.15, 0.2) is 0 Å². The van der Waals surface area contributed by atoms with Crippen molar-refractivity contribution in [3.63, 3.8) is 0 Å². The second kappa shape index (κ2) is 12.6. The van der Waals surface area contributed by atoms with E-state index in [-0.39, 0.29) is 23.0 Å². The maximum Gasteiger partial charge on any atom is 0.264 e. The summed E-state index contributed by atoms with van der Waals surface area (Å²) in [7, 11) is -4.11. The standard InChI is InChI=1S/C27H29BrClN3O4S/c1-4-30-27(34)20(3)31(17-21-7-9-22(28)10-8-21)26(33)18-32(24-13-11-23(29)12-14-24)37(35,36)25-15-5-19(2)6-16-25/h5-16,20H,4,17-18H2,1-3H3,(H,30,34)/t20-/m1/s1. The van der Waals surface area contributed by atoms with Crippen LogP contribution in [0.4, 0.5) is 5.69 Å². The number of nitrogens with zero attached hydrogens (tertiary/aromatic N) is 2. The van der Waals surface area contributed by atoms with E-state index in [0.29, 0.717) is 11.6 Å². The zero-order valence-corrected chi connectivity index (χ0v) is 24.0. The molecule has 0 saturated heterocycles. The number of anilines is 1. The predicted molar refractivity (Wildman–Crippen MR) is 150 cm³/mol. The summed E-state index contributed by atoms with van der Waals surface area (Å²) in [5.74, 6) is -0.847. The summed E-state index contributed by atoms with van der Waals surface area (Å²) in [6, 6.07) is 19.2. The maximum atomic E-state index is 13.8. The van der Waals surface area contributed by atoms with Gasteiger partial charge in [-0.3, -0.25) is 13.9 Å². The summed E-state index contributed by atoms with van der Waals surface area (Å²) in [6.07, 6.45) is 0. The van der Waals surface area contributed by atoms with Crippen molar-refractivity contribution in [3.8, 4) is 0 Å². The first-order chi connectivity index (χ1) is 17.5. The van der Waals surface area contributed by atoms with Crippen molar-refractivity contribution in [2.24, 2.45) is 0 Å². The van der Waals surface area contributed by atoms with Crippen molar-refractivity contribution >= 4 is 55.1 Å². The molecule has 0 aliphatic carbocycles. The third-order valence-corrected chi connectivity index (χ3v) is 8.36. The first-order valence-electron chi connectivity index (χ1n) is 11.7. The predicted octanol–water partition coefficient (Wildman–Crippen LogP) is 5.16. The van der Waals surface area contributed by atoms with Crippen LogP contribution in [0, 0.1) is 6.92 Å². The molecule has 0 unspecified atom stereocenters. The summed E-state index contributed by atoms with van der Waals surface area (Å²) in [5, 5.41) is 3.18. The molecule has 0 aliphatic rings. The zero-order valence-electron chi connectivity index (χ0n) is 20.8. The fraction of sp³-hybridized carbons (Fsp3) is 0.259. The van der Waals surface area contributed by atoms with Gasteiger partial charge in [-0.15, -0.1) is 0 Å². The van der Waals surface area contributed by atoms with E-state index in [1.807, 2.05) is 31.2 Å². The molecule has 1 atom stereocenters. The van der Waals surface area contributed by atoms with E-state index >= 15 is 0 Å². The van der Waals surface area contributed by atoms with E-state index in [4.69, 9.17) is 11.6 Å². The molecule has 0 heterocycles. The third-order valence-electron chi connectivity index (χ3n) is 5.79. The van der Waals surface area contributed by atoms with E-state index < -0.39 is 28.5 Å². The van der Waals surface area contributed by atoms with Gasteiger partial charge in [0, 0.05) is 22.6 Å². The molecule has 3 rings (SSSR count). The number of benzene rings is 3. The van der Waals surface area contributed by atoms with Crippen LogP contribution in [0.5, 0.6) is 0 Å². The van der Waals surface area contributed by atoms with Crippen LogP contribution in [-0.4, -0.2) is 44.3 Å². The Kier molecular flexibility index (Phi) is 9.75. The van der Waals surface area contributed by atoms with Crippen molar-refractivity contribution in [2.45, 2.75) is 38.3 Å². The number of halogens is 2. The van der Waals surface area contributed by atoms with E-state index in [1.54, 1.807) is 50.2 Å². The van der Waals surface area contributed by atoms with Gasteiger partial charge in [0.25, 0.3) is 10.0 Å². The Morgan fingerprint density at radius 2 is 1.57 bits per heavy atom. The average molecular weight is 607 g/mol. The van der Waals surface area contributed by atoms with Gasteiger partial charge in [0.05, 0.1) is 10.6 Å². The van der Waals surface area contributed by atoms with Crippen LogP contribution in [-0.2, 0) is 26.2 Å². The number of aryl methyl sites for hydroxylation is 1. The molecule has 3 aromatic carbocycles. The lowest BCUT2D eigenvalue weighted by atomic mass is 10.1. The summed E-state index contributed by atoms with van der Waals surface area (Å²) < 4.78 is 29.4. The van der Waals surface area contributed by atoms with Crippen LogP contribution >= 0.6 is 27.5 Å². The van der Waals surface area contributed by atoms with Crippen molar-refractivity contribution in [2.75, 3.05) is 17.4 Å². The normalized spacial score (nSPS) is 12.0. The summed E-state index contributed by atoms with van der Waals surface area (Å²) in [6.45, 7) is 5.31. The number of rotatable bonds is 10. The number of carbonyl (C=O) groups excluding carboxylic acids is 2. The van der Waals surface area contributed by atoms with Crippen LogP contribution in [0.1, 0.15) is 25.0 Å². The monoisotopic (exact) mass is 605 g/mol.